The molecule has 0 radical (unpaired) electrons. The highest BCUT2D eigenvalue weighted by Crippen LogP contribution is 2.28. The Morgan fingerprint density at radius 1 is 1.37 bits per heavy atom. The monoisotopic (exact) mass is 323 g/mol. The molecule has 0 aliphatic rings. The van der Waals surface area contributed by atoms with E-state index in [-0.39, 0.29) is 36.0 Å². The average molecular weight is 325 g/mol. The molecule has 1 aromatic heterocycles. The van der Waals surface area contributed by atoms with Crippen molar-refractivity contribution in [1.29, 1.82) is 0 Å². The van der Waals surface area contributed by atoms with E-state index in [0.717, 1.165) is 0 Å². The van der Waals surface area contributed by atoms with Crippen molar-refractivity contribution in [2.75, 3.05) is 6.61 Å². The summed E-state index contributed by atoms with van der Waals surface area (Å²) in [5, 5.41) is 10.2. The summed E-state index contributed by atoms with van der Waals surface area (Å²) < 4.78 is 5.14. The van der Waals surface area contributed by atoms with Gasteiger partial charge in [-0.15, -0.1) is 12.4 Å². The minimum atomic E-state index is -0.554. The van der Waals surface area contributed by atoms with Crippen molar-refractivity contribution in [2.45, 2.75) is 12.5 Å². The number of aliphatic hydroxyl groups is 1. The van der Waals surface area contributed by atoms with Crippen molar-refractivity contribution in [1.82, 2.24) is 0 Å². The lowest BCUT2D eigenvalue weighted by Crippen LogP contribution is -2.29. The van der Waals surface area contributed by atoms with E-state index in [1.807, 2.05) is 0 Å². The number of rotatable bonds is 3. The summed E-state index contributed by atoms with van der Waals surface area (Å²) in [7, 11) is 0. The van der Waals surface area contributed by atoms with Gasteiger partial charge >= 0.3 is 5.63 Å². The van der Waals surface area contributed by atoms with Crippen LogP contribution in [0.1, 0.15) is 5.56 Å². The number of halogens is 3. The Morgan fingerprint density at radius 3 is 2.68 bits per heavy atom. The minimum absolute atomic E-state index is 0. The Kier molecular flexibility index (Phi) is 5.64. The quantitative estimate of drug-likeness (QED) is 0.850. The van der Waals surface area contributed by atoms with Crippen LogP contribution in [0, 0.1) is 0 Å². The third kappa shape index (κ3) is 3.41. The van der Waals surface area contributed by atoms with Gasteiger partial charge in [0.25, 0.3) is 0 Å². The summed E-state index contributed by atoms with van der Waals surface area (Å²) in [5.74, 6) is 0. The fourth-order valence-corrected chi connectivity index (χ4v) is 2.15. The molecule has 2 rings (SSSR count). The zero-order valence-electron chi connectivity index (χ0n) is 9.73. The molecular weight excluding hydrogens is 312 g/mol. The van der Waals surface area contributed by atoms with E-state index in [1.54, 1.807) is 18.2 Å². The van der Waals surface area contributed by atoms with Crippen molar-refractivity contribution in [3.63, 3.8) is 0 Å². The zero-order chi connectivity index (χ0) is 13.3. The Labute approximate surface area is 125 Å². The van der Waals surface area contributed by atoms with Gasteiger partial charge in [-0.1, -0.05) is 23.2 Å². The first-order valence-electron chi connectivity index (χ1n) is 5.30. The van der Waals surface area contributed by atoms with E-state index in [1.165, 1.54) is 0 Å². The van der Waals surface area contributed by atoms with Gasteiger partial charge < -0.3 is 15.3 Å². The van der Waals surface area contributed by atoms with E-state index in [2.05, 4.69) is 0 Å². The Bertz CT molecular complexity index is 642. The van der Waals surface area contributed by atoms with E-state index in [9.17, 15) is 4.79 Å². The van der Waals surface area contributed by atoms with Crippen LogP contribution in [0.4, 0.5) is 0 Å². The van der Waals surface area contributed by atoms with Crippen molar-refractivity contribution >= 4 is 46.6 Å². The number of fused-ring (bicyclic) bond motifs is 1. The summed E-state index contributed by atoms with van der Waals surface area (Å²) in [5.41, 5.74) is 5.69. The second kappa shape index (κ2) is 6.59. The fourth-order valence-electron chi connectivity index (χ4n) is 1.68. The molecule has 0 saturated carbocycles. The standard InChI is InChI=1S/C12H11Cl2NO3.ClH/c13-6-1-2-10-8(3-6)11(14)9(12(17)18-10)4-7(15)5-16;/h1-3,7,16H,4-5,15H2;1H. The number of nitrogens with two attached hydrogens (primary N) is 1. The van der Waals surface area contributed by atoms with Gasteiger partial charge in [-0.05, 0) is 24.6 Å². The van der Waals surface area contributed by atoms with Crippen LogP contribution in [0.15, 0.2) is 27.4 Å². The van der Waals surface area contributed by atoms with E-state index in [4.69, 9.17) is 38.5 Å². The molecule has 0 bridgehead atoms. The average Bonchev–Trinajstić information content (AvgIpc) is 2.35. The number of hydrogen-bond acceptors (Lipinski definition) is 4. The molecule has 4 nitrogen and oxygen atoms in total. The van der Waals surface area contributed by atoms with Crippen molar-refractivity contribution < 1.29 is 9.52 Å². The minimum Gasteiger partial charge on any atom is -0.422 e. The highest BCUT2D eigenvalue weighted by molar-refractivity contribution is 6.37. The summed E-state index contributed by atoms with van der Waals surface area (Å²) in [6, 6.07) is 4.26. The Hall–Kier alpha value is -0.780. The molecule has 1 heterocycles. The van der Waals surface area contributed by atoms with Crippen LogP contribution >= 0.6 is 35.6 Å². The first kappa shape index (κ1) is 16.3. The number of benzene rings is 1. The molecule has 19 heavy (non-hydrogen) atoms. The molecule has 1 unspecified atom stereocenters. The number of hydrogen-bond donors (Lipinski definition) is 2. The van der Waals surface area contributed by atoms with Crippen LogP contribution in [0.5, 0.6) is 0 Å². The van der Waals surface area contributed by atoms with Crippen LogP contribution in [0.2, 0.25) is 10.0 Å². The lowest BCUT2D eigenvalue weighted by atomic mass is 10.1. The van der Waals surface area contributed by atoms with Crippen LogP contribution in [0.3, 0.4) is 0 Å². The van der Waals surface area contributed by atoms with Gasteiger partial charge in [0, 0.05) is 16.5 Å². The highest BCUT2D eigenvalue weighted by atomic mass is 35.5. The van der Waals surface area contributed by atoms with Crippen molar-refractivity contribution in [2.24, 2.45) is 5.73 Å². The molecular formula is C12H12Cl3NO3. The largest absolute Gasteiger partial charge is 0.422 e. The lowest BCUT2D eigenvalue weighted by Gasteiger charge is -2.10. The first-order chi connectivity index (χ1) is 8.52. The molecule has 0 saturated heterocycles. The van der Waals surface area contributed by atoms with Crippen LogP contribution in [0.25, 0.3) is 11.0 Å². The molecule has 0 aliphatic carbocycles. The molecule has 3 N–H and O–H groups in total. The van der Waals surface area contributed by atoms with Crippen LogP contribution in [-0.4, -0.2) is 17.8 Å². The second-order valence-electron chi connectivity index (χ2n) is 3.97. The van der Waals surface area contributed by atoms with E-state index < -0.39 is 11.7 Å². The first-order valence-corrected chi connectivity index (χ1v) is 6.05. The molecule has 1 atom stereocenters. The molecule has 0 amide bonds. The van der Waals surface area contributed by atoms with Crippen LogP contribution < -0.4 is 11.4 Å². The third-order valence-electron chi connectivity index (χ3n) is 2.59. The summed E-state index contributed by atoms with van der Waals surface area (Å²) >= 11 is 12.0. The SMILES string of the molecule is Cl.NC(CO)Cc1c(Cl)c2cc(Cl)ccc2oc1=O. The van der Waals surface area contributed by atoms with Gasteiger partial charge in [0.05, 0.1) is 17.2 Å². The van der Waals surface area contributed by atoms with Gasteiger partial charge in [-0.25, -0.2) is 4.79 Å². The van der Waals surface area contributed by atoms with E-state index >= 15 is 0 Å². The summed E-state index contributed by atoms with van der Waals surface area (Å²) in [6.07, 6.45) is 0.153. The number of aliphatic hydroxyl groups excluding tert-OH is 1. The maximum absolute atomic E-state index is 11.8. The molecule has 7 heteroatoms. The van der Waals surface area contributed by atoms with E-state index in [0.29, 0.717) is 16.0 Å². The van der Waals surface area contributed by atoms with Crippen molar-refractivity contribution in [3.8, 4) is 0 Å². The third-order valence-corrected chi connectivity index (χ3v) is 3.26. The fraction of sp³-hybridized carbons (Fsp3) is 0.250. The maximum atomic E-state index is 11.8. The normalized spacial score (nSPS) is 12.2. The molecule has 0 aliphatic heterocycles. The van der Waals surface area contributed by atoms with Crippen LogP contribution in [-0.2, 0) is 6.42 Å². The molecule has 2 aromatic rings. The van der Waals surface area contributed by atoms with Gasteiger partial charge in [-0.2, -0.15) is 0 Å². The van der Waals surface area contributed by atoms with Gasteiger partial charge in [0.2, 0.25) is 0 Å². The molecule has 0 fully saturated rings. The summed E-state index contributed by atoms with van der Waals surface area (Å²) in [4.78, 5) is 11.8. The molecule has 1 aromatic carbocycles. The summed E-state index contributed by atoms with van der Waals surface area (Å²) in [6.45, 7) is -0.233. The van der Waals surface area contributed by atoms with Gasteiger partial charge in [0.1, 0.15) is 5.58 Å². The predicted octanol–water partition coefficient (Wildman–Crippen LogP) is 2.38. The Morgan fingerprint density at radius 2 is 2.05 bits per heavy atom. The topological polar surface area (TPSA) is 76.5 Å². The highest BCUT2D eigenvalue weighted by Gasteiger charge is 2.15. The molecule has 104 valence electrons. The maximum Gasteiger partial charge on any atom is 0.341 e. The predicted molar refractivity (Wildman–Crippen MR) is 78.5 cm³/mol. The Balaban J connectivity index is 0.00000180. The lowest BCUT2D eigenvalue weighted by molar-refractivity contribution is 0.264. The van der Waals surface area contributed by atoms with Crippen molar-refractivity contribution in [3.05, 3.63) is 44.2 Å². The van der Waals surface area contributed by atoms with Gasteiger partial charge in [0.15, 0.2) is 0 Å². The zero-order valence-corrected chi connectivity index (χ0v) is 12.1. The second-order valence-corrected chi connectivity index (χ2v) is 4.78. The molecule has 0 spiro atoms. The smallest absolute Gasteiger partial charge is 0.341 e. The van der Waals surface area contributed by atoms with Gasteiger partial charge in [-0.3, -0.25) is 0 Å².